The molecule has 0 aliphatic carbocycles. The van der Waals surface area contributed by atoms with Crippen LogP contribution in [0.2, 0.25) is 0 Å². The molecule has 7 nitrogen and oxygen atoms in total. The first-order valence-electron chi connectivity index (χ1n) is 7.69. The van der Waals surface area contributed by atoms with Crippen molar-refractivity contribution in [3.8, 4) is 0 Å². The van der Waals surface area contributed by atoms with E-state index in [2.05, 4.69) is 20.3 Å². The van der Waals surface area contributed by atoms with Gasteiger partial charge in [-0.1, -0.05) is 12.1 Å². The molecule has 0 aromatic heterocycles. The summed E-state index contributed by atoms with van der Waals surface area (Å²) in [6.07, 6.45) is 2.45. The maximum Gasteiger partial charge on any atom is 0.331 e. The van der Waals surface area contributed by atoms with Crippen molar-refractivity contribution in [1.29, 1.82) is 0 Å². The van der Waals surface area contributed by atoms with Crippen LogP contribution in [0.5, 0.6) is 0 Å². The molecule has 0 spiro atoms. The zero-order valence-corrected chi connectivity index (χ0v) is 15.3. The van der Waals surface area contributed by atoms with Gasteiger partial charge in [0.2, 0.25) is 0 Å². The van der Waals surface area contributed by atoms with Crippen molar-refractivity contribution < 1.29 is 23.5 Å². The molecule has 1 aliphatic heterocycles. The van der Waals surface area contributed by atoms with Gasteiger partial charge >= 0.3 is 5.97 Å². The summed E-state index contributed by atoms with van der Waals surface area (Å²) >= 11 is 0.958. The number of esters is 1. The molecular formula is C17H18FN3O4S. The molecule has 1 saturated heterocycles. The average Bonchev–Trinajstić information content (AvgIpc) is 2.93. The van der Waals surface area contributed by atoms with E-state index in [1.807, 2.05) is 13.8 Å². The number of methoxy groups -OCH3 is 1. The number of halogens is 1. The number of carbonyl (C=O) groups excluding carboxylic acids is 2. The number of hydrogen-bond donors (Lipinski definition) is 1. The lowest BCUT2D eigenvalue weighted by molar-refractivity contribution is -0.135. The summed E-state index contributed by atoms with van der Waals surface area (Å²) in [6.45, 7) is 3.95. The van der Waals surface area contributed by atoms with Gasteiger partial charge in [0.15, 0.2) is 5.17 Å². The van der Waals surface area contributed by atoms with E-state index in [4.69, 9.17) is 4.74 Å². The number of amidine groups is 1. The number of nitrogens with zero attached hydrogens (tertiary/aromatic N) is 2. The number of hydrogen-bond acceptors (Lipinski definition) is 7. The van der Waals surface area contributed by atoms with Gasteiger partial charge in [-0.3, -0.25) is 10.1 Å². The third-order valence-corrected chi connectivity index (χ3v) is 4.01. The minimum atomic E-state index is -0.635. The standard InChI is InChI=1S/C17H18FN3O4S/c1-10(2)25-9-12-5-4-11(6-13(12)18)8-19-21-17-20-16(23)14(26-17)7-15(22)24-3/h4-8,10H,9H2,1-3H3,(H,20,21,23)/b14-7+,19-8?. The van der Waals surface area contributed by atoms with Gasteiger partial charge in [0, 0.05) is 11.6 Å². The van der Waals surface area contributed by atoms with Crippen LogP contribution in [0.15, 0.2) is 39.4 Å². The summed E-state index contributed by atoms with van der Waals surface area (Å²) in [5, 5.41) is 10.3. The Morgan fingerprint density at radius 3 is 2.85 bits per heavy atom. The van der Waals surface area contributed by atoms with Gasteiger partial charge in [-0.15, -0.1) is 5.10 Å². The highest BCUT2D eigenvalue weighted by Gasteiger charge is 2.24. The molecule has 9 heteroatoms. The molecular weight excluding hydrogens is 361 g/mol. The fourth-order valence-electron chi connectivity index (χ4n) is 1.81. The predicted octanol–water partition coefficient (Wildman–Crippen LogP) is 2.36. The van der Waals surface area contributed by atoms with Crippen LogP contribution in [0.3, 0.4) is 0 Å². The van der Waals surface area contributed by atoms with E-state index in [1.165, 1.54) is 19.4 Å². The maximum atomic E-state index is 14.0. The summed E-state index contributed by atoms with van der Waals surface area (Å²) in [5.41, 5.74) is 0.971. The molecule has 1 fully saturated rings. The smallest absolute Gasteiger partial charge is 0.331 e. The van der Waals surface area contributed by atoms with Gasteiger partial charge in [0.25, 0.3) is 5.91 Å². The van der Waals surface area contributed by atoms with Crippen molar-refractivity contribution >= 4 is 35.0 Å². The molecule has 2 rings (SSSR count). The van der Waals surface area contributed by atoms with Crippen LogP contribution in [0, 0.1) is 5.82 Å². The van der Waals surface area contributed by atoms with Crippen LogP contribution >= 0.6 is 11.8 Å². The number of rotatable bonds is 6. The molecule has 26 heavy (non-hydrogen) atoms. The van der Waals surface area contributed by atoms with E-state index in [1.54, 1.807) is 12.1 Å². The Hall–Kier alpha value is -2.52. The molecule has 1 amide bonds. The van der Waals surface area contributed by atoms with E-state index in [-0.39, 0.29) is 22.8 Å². The van der Waals surface area contributed by atoms with Gasteiger partial charge in [0.05, 0.1) is 30.9 Å². The highest BCUT2D eigenvalue weighted by molar-refractivity contribution is 8.18. The van der Waals surface area contributed by atoms with Gasteiger partial charge in [-0.25, -0.2) is 9.18 Å². The number of nitrogens with one attached hydrogen (secondary N) is 1. The van der Waals surface area contributed by atoms with Crippen molar-refractivity contribution in [2.24, 2.45) is 10.2 Å². The Balaban J connectivity index is 2.01. The first-order valence-corrected chi connectivity index (χ1v) is 8.50. The van der Waals surface area contributed by atoms with Gasteiger partial charge in [-0.2, -0.15) is 5.10 Å². The largest absolute Gasteiger partial charge is 0.466 e. The molecule has 1 heterocycles. The fraction of sp³-hybridized carbons (Fsp3) is 0.294. The molecule has 0 bridgehead atoms. The molecule has 0 unspecified atom stereocenters. The summed E-state index contributed by atoms with van der Waals surface area (Å²) in [5.74, 6) is -1.49. The molecule has 1 N–H and O–H groups in total. The average molecular weight is 379 g/mol. The normalized spacial score (nSPS) is 17.5. The Morgan fingerprint density at radius 1 is 1.42 bits per heavy atom. The van der Waals surface area contributed by atoms with Crippen LogP contribution in [-0.4, -0.2) is 36.5 Å². The minimum Gasteiger partial charge on any atom is -0.466 e. The molecule has 1 aromatic rings. The Labute approximate surface area is 154 Å². The van der Waals surface area contributed by atoms with Crippen molar-refractivity contribution in [2.75, 3.05) is 7.11 Å². The van der Waals surface area contributed by atoms with Crippen molar-refractivity contribution in [3.63, 3.8) is 0 Å². The lowest BCUT2D eigenvalue weighted by Gasteiger charge is -2.08. The number of carbonyl (C=O) groups is 2. The van der Waals surface area contributed by atoms with E-state index < -0.39 is 17.7 Å². The Kier molecular flexibility index (Phi) is 7.05. The first kappa shape index (κ1) is 19.8. The zero-order valence-electron chi connectivity index (χ0n) is 14.5. The molecule has 0 atom stereocenters. The summed E-state index contributed by atoms with van der Waals surface area (Å²) in [6, 6.07) is 4.63. The van der Waals surface area contributed by atoms with E-state index in [0.29, 0.717) is 11.1 Å². The summed E-state index contributed by atoms with van der Waals surface area (Å²) in [7, 11) is 1.22. The second-order valence-electron chi connectivity index (χ2n) is 5.45. The quantitative estimate of drug-likeness (QED) is 0.355. The van der Waals surface area contributed by atoms with Crippen LogP contribution in [0.25, 0.3) is 0 Å². The lowest BCUT2D eigenvalue weighted by Crippen LogP contribution is -2.19. The Morgan fingerprint density at radius 2 is 2.19 bits per heavy atom. The molecule has 0 radical (unpaired) electrons. The van der Waals surface area contributed by atoms with Crippen molar-refractivity contribution in [2.45, 2.75) is 26.6 Å². The highest BCUT2D eigenvalue weighted by atomic mass is 32.2. The lowest BCUT2D eigenvalue weighted by atomic mass is 10.1. The van der Waals surface area contributed by atoms with Crippen molar-refractivity contribution in [3.05, 3.63) is 46.1 Å². The van der Waals surface area contributed by atoms with E-state index >= 15 is 0 Å². The SMILES string of the molecule is COC(=O)/C=C1/S/C(=N\N=Cc2ccc(COC(C)C)c(F)c2)NC1=O. The van der Waals surface area contributed by atoms with Crippen LogP contribution < -0.4 is 5.32 Å². The van der Waals surface area contributed by atoms with Crippen LogP contribution in [-0.2, 0) is 25.7 Å². The van der Waals surface area contributed by atoms with Gasteiger partial charge in [0.1, 0.15) is 5.82 Å². The van der Waals surface area contributed by atoms with Crippen LogP contribution in [0.4, 0.5) is 4.39 Å². The third-order valence-electron chi connectivity index (χ3n) is 3.11. The number of amides is 1. The topological polar surface area (TPSA) is 89.3 Å². The van der Waals surface area contributed by atoms with E-state index in [9.17, 15) is 14.0 Å². The summed E-state index contributed by atoms with van der Waals surface area (Å²) in [4.78, 5) is 23.0. The number of thioether (sulfide) groups is 1. The van der Waals surface area contributed by atoms with Gasteiger partial charge < -0.3 is 9.47 Å². The maximum absolute atomic E-state index is 14.0. The third kappa shape index (κ3) is 5.78. The predicted molar refractivity (Wildman–Crippen MR) is 97.2 cm³/mol. The van der Waals surface area contributed by atoms with E-state index in [0.717, 1.165) is 17.8 Å². The van der Waals surface area contributed by atoms with Crippen molar-refractivity contribution in [1.82, 2.24) is 5.32 Å². The second kappa shape index (κ2) is 9.25. The summed E-state index contributed by atoms with van der Waals surface area (Å²) < 4.78 is 23.8. The molecule has 0 saturated carbocycles. The fourth-order valence-corrected chi connectivity index (χ4v) is 2.55. The monoisotopic (exact) mass is 379 g/mol. The number of ether oxygens (including phenoxy) is 2. The zero-order chi connectivity index (χ0) is 19.1. The van der Waals surface area contributed by atoms with Crippen LogP contribution in [0.1, 0.15) is 25.0 Å². The highest BCUT2D eigenvalue weighted by Crippen LogP contribution is 2.23. The molecule has 1 aliphatic rings. The molecule has 1 aromatic carbocycles. The minimum absolute atomic E-state index is 0.0173. The van der Waals surface area contributed by atoms with Gasteiger partial charge in [-0.05, 0) is 37.2 Å². The second-order valence-corrected chi connectivity index (χ2v) is 6.48. The first-order chi connectivity index (χ1) is 12.4. The number of benzene rings is 1. The molecule has 138 valence electrons. The Bertz CT molecular complexity index is 790.